The van der Waals surface area contributed by atoms with Crippen LogP contribution in [0.1, 0.15) is 17.2 Å². The average molecular weight is 356 g/mol. The zero-order valence-corrected chi connectivity index (χ0v) is 14.9. The minimum Gasteiger partial charge on any atom is -0.394 e. The first-order chi connectivity index (χ1) is 11.9. The Balaban J connectivity index is 2.07. The Hall–Kier alpha value is -2.28. The highest BCUT2D eigenvalue weighted by atomic mass is 32.2. The predicted molar refractivity (Wildman–Crippen MR) is 97.7 cm³/mol. The minimum absolute atomic E-state index is 0.209. The van der Waals surface area contributed by atoms with Gasteiger partial charge < -0.3 is 5.11 Å². The van der Waals surface area contributed by atoms with E-state index in [9.17, 15) is 13.5 Å². The number of aromatic nitrogens is 1. The van der Waals surface area contributed by atoms with E-state index >= 15 is 0 Å². The molecule has 0 saturated carbocycles. The maximum Gasteiger partial charge on any atom is 0.244 e. The monoisotopic (exact) mass is 356 g/mol. The number of likely N-dealkylation sites (N-methyl/N-ethyl adjacent to an activating group) is 1. The molecule has 0 aliphatic heterocycles. The second kappa shape index (κ2) is 6.92. The molecule has 0 bridgehead atoms. The number of aliphatic hydroxyl groups is 1. The highest BCUT2D eigenvalue weighted by molar-refractivity contribution is 7.89. The van der Waals surface area contributed by atoms with Crippen molar-refractivity contribution in [3.8, 4) is 0 Å². The Labute approximate surface area is 147 Å². The average Bonchev–Trinajstić information content (AvgIpc) is 2.63. The highest BCUT2D eigenvalue weighted by Crippen LogP contribution is 2.30. The van der Waals surface area contributed by atoms with Crippen LogP contribution in [0.25, 0.3) is 10.8 Å². The van der Waals surface area contributed by atoms with Gasteiger partial charge in [0.2, 0.25) is 10.0 Å². The lowest BCUT2D eigenvalue weighted by Crippen LogP contribution is -2.33. The third-order valence-electron chi connectivity index (χ3n) is 4.37. The van der Waals surface area contributed by atoms with Gasteiger partial charge in [-0.1, -0.05) is 42.0 Å². The van der Waals surface area contributed by atoms with Crippen molar-refractivity contribution < 1.29 is 13.5 Å². The lowest BCUT2D eigenvalue weighted by atomic mass is 10.1. The van der Waals surface area contributed by atoms with Crippen LogP contribution in [-0.4, -0.2) is 36.5 Å². The Kier molecular flexibility index (Phi) is 4.85. The normalized spacial score (nSPS) is 13.3. The van der Waals surface area contributed by atoms with Gasteiger partial charge in [0.15, 0.2) is 0 Å². The Morgan fingerprint density at radius 3 is 2.52 bits per heavy atom. The summed E-state index contributed by atoms with van der Waals surface area (Å²) in [4.78, 5) is 4.25. The quantitative estimate of drug-likeness (QED) is 0.763. The van der Waals surface area contributed by atoms with Crippen LogP contribution >= 0.6 is 0 Å². The molecule has 2 aromatic carbocycles. The molecular weight excluding hydrogens is 336 g/mol. The van der Waals surface area contributed by atoms with Crippen molar-refractivity contribution in [3.05, 3.63) is 72.1 Å². The summed E-state index contributed by atoms with van der Waals surface area (Å²) in [6.45, 7) is 1.66. The van der Waals surface area contributed by atoms with Gasteiger partial charge in [0.25, 0.3) is 0 Å². The van der Waals surface area contributed by atoms with E-state index in [4.69, 9.17) is 0 Å². The molecule has 0 spiro atoms. The van der Waals surface area contributed by atoms with Crippen molar-refractivity contribution in [3.63, 3.8) is 0 Å². The number of benzene rings is 2. The third kappa shape index (κ3) is 3.28. The van der Waals surface area contributed by atoms with Gasteiger partial charge in [-0.05, 0) is 24.6 Å². The number of pyridine rings is 1. The van der Waals surface area contributed by atoms with E-state index in [0.717, 1.165) is 16.5 Å². The second-order valence-corrected chi connectivity index (χ2v) is 7.95. The number of aryl methyl sites for hydroxylation is 1. The summed E-state index contributed by atoms with van der Waals surface area (Å²) in [7, 11) is -2.29. The van der Waals surface area contributed by atoms with E-state index in [-0.39, 0.29) is 11.5 Å². The number of nitrogens with zero attached hydrogens (tertiary/aromatic N) is 2. The minimum atomic E-state index is -3.79. The maximum atomic E-state index is 13.2. The molecule has 0 fully saturated rings. The summed E-state index contributed by atoms with van der Waals surface area (Å²) in [5.41, 5.74) is 1.83. The topological polar surface area (TPSA) is 70.5 Å². The summed E-state index contributed by atoms with van der Waals surface area (Å²) in [5.74, 6) is 0. The number of aliphatic hydroxyl groups excluding tert-OH is 1. The van der Waals surface area contributed by atoms with Crippen molar-refractivity contribution in [1.82, 2.24) is 9.29 Å². The first kappa shape index (κ1) is 17.5. The van der Waals surface area contributed by atoms with Crippen LogP contribution in [0.2, 0.25) is 0 Å². The van der Waals surface area contributed by atoms with E-state index in [2.05, 4.69) is 4.98 Å². The molecule has 0 radical (unpaired) electrons. The van der Waals surface area contributed by atoms with Gasteiger partial charge in [-0.2, -0.15) is 4.31 Å². The molecule has 1 unspecified atom stereocenters. The molecule has 5 nitrogen and oxygen atoms in total. The molecule has 0 aliphatic rings. The predicted octanol–water partition coefficient (Wildman–Crippen LogP) is 2.90. The molecule has 1 aromatic heterocycles. The zero-order chi connectivity index (χ0) is 18.0. The lowest BCUT2D eigenvalue weighted by Gasteiger charge is -2.27. The molecule has 3 rings (SSSR count). The lowest BCUT2D eigenvalue weighted by molar-refractivity contribution is 0.204. The molecular formula is C19H20N2O3S. The first-order valence-corrected chi connectivity index (χ1v) is 9.37. The molecule has 1 heterocycles. The van der Waals surface area contributed by atoms with Crippen LogP contribution < -0.4 is 0 Å². The fourth-order valence-electron chi connectivity index (χ4n) is 2.86. The first-order valence-electron chi connectivity index (χ1n) is 7.93. The van der Waals surface area contributed by atoms with Gasteiger partial charge in [0, 0.05) is 30.2 Å². The number of fused-ring (bicyclic) bond motifs is 1. The van der Waals surface area contributed by atoms with Crippen LogP contribution in [0.15, 0.2) is 65.8 Å². The zero-order valence-electron chi connectivity index (χ0n) is 14.1. The van der Waals surface area contributed by atoms with Crippen LogP contribution in [0.3, 0.4) is 0 Å². The van der Waals surface area contributed by atoms with Crippen molar-refractivity contribution in [2.45, 2.75) is 17.9 Å². The molecule has 25 heavy (non-hydrogen) atoms. The number of hydrogen-bond acceptors (Lipinski definition) is 4. The smallest absolute Gasteiger partial charge is 0.244 e. The van der Waals surface area contributed by atoms with Gasteiger partial charge in [-0.25, -0.2) is 8.42 Å². The summed E-state index contributed by atoms with van der Waals surface area (Å²) in [6.07, 6.45) is 3.21. The molecule has 0 amide bonds. The van der Waals surface area contributed by atoms with Crippen molar-refractivity contribution >= 4 is 20.8 Å². The Bertz CT molecular complexity index is 980. The van der Waals surface area contributed by atoms with E-state index < -0.39 is 16.1 Å². The van der Waals surface area contributed by atoms with Gasteiger partial charge >= 0.3 is 0 Å². The Morgan fingerprint density at radius 2 is 1.84 bits per heavy atom. The van der Waals surface area contributed by atoms with E-state index in [1.165, 1.54) is 11.4 Å². The van der Waals surface area contributed by atoms with Crippen molar-refractivity contribution in [1.29, 1.82) is 0 Å². The molecule has 130 valence electrons. The van der Waals surface area contributed by atoms with Crippen LogP contribution in [0, 0.1) is 6.92 Å². The van der Waals surface area contributed by atoms with E-state index in [1.807, 2.05) is 37.3 Å². The Morgan fingerprint density at radius 1 is 1.12 bits per heavy atom. The number of rotatable bonds is 5. The maximum absolute atomic E-state index is 13.2. The van der Waals surface area contributed by atoms with E-state index in [1.54, 1.807) is 30.6 Å². The van der Waals surface area contributed by atoms with Gasteiger partial charge in [0.1, 0.15) is 0 Å². The second-order valence-electron chi connectivity index (χ2n) is 5.98. The van der Waals surface area contributed by atoms with Crippen LogP contribution in [0.4, 0.5) is 0 Å². The number of hydrogen-bond donors (Lipinski definition) is 1. The molecule has 1 N–H and O–H groups in total. The van der Waals surface area contributed by atoms with Gasteiger partial charge in [-0.15, -0.1) is 0 Å². The highest BCUT2D eigenvalue weighted by Gasteiger charge is 2.30. The summed E-state index contributed by atoms with van der Waals surface area (Å²) in [6, 6.07) is 13.6. The van der Waals surface area contributed by atoms with Gasteiger partial charge in [0.05, 0.1) is 17.5 Å². The summed E-state index contributed by atoms with van der Waals surface area (Å²) in [5, 5.41) is 11.2. The summed E-state index contributed by atoms with van der Waals surface area (Å²) < 4.78 is 27.6. The van der Waals surface area contributed by atoms with E-state index in [0.29, 0.717) is 5.39 Å². The fraction of sp³-hybridized carbons (Fsp3) is 0.211. The molecule has 0 aliphatic carbocycles. The number of sulfonamides is 1. The van der Waals surface area contributed by atoms with Gasteiger partial charge in [-0.3, -0.25) is 4.98 Å². The standard InChI is InChI=1S/C19H20N2O3S/c1-14-6-8-15(9-7-14)18(13-22)21(2)25(23,24)19-5-3-4-16-12-20-11-10-17(16)19/h3-12,18,22H,13H2,1-2H3. The fourth-order valence-corrected chi connectivity index (χ4v) is 4.41. The third-order valence-corrected chi connectivity index (χ3v) is 6.30. The SMILES string of the molecule is Cc1ccc(C(CO)N(C)S(=O)(=O)c2cccc3cnccc23)cc1. The van der Waals surface area contributed by atoms with Crippen LogP contribution in [0.5, 0.6) is 0 Å². The largest absolute Gasteiger partial charge is 0.394 e. The van der Waals surface area contributed by atoms with Crippen molar-refractivity contribution in [2.75, 3.05) is 13.7 Å². The summed E-state index contributed by atoms with van der Waals surface area (Å²) >= 11 is 0. The van der Waals surface area contributed by atoms with Crippen LogP contribution in [-0.2, 0) is 10.0 Å². The molecule has 6 heteroatoms. The van der Waals surface area contributed by atoms with Crippen molar-refractivity contribution in [2.24, 2.45) is 0 Å². The molecule has 0 saturated heterocycles. The molecule has 1 atom stereocenters. The molecule has 3 aromatic rings.